The highest BCUT2D eigenvalue weighted by atomic mass is 16.5. The predicted molar refractivity (Wildman–Crippen MR) is 75.1 cm³/mol. The Morgan fingerprint density at radius 2 is 2.00 bits per heavy atom. The van der Waals surface area contributed by atoms with Gasteiger partial charge in [0, 0.05) is 25.7 Å². The molecule has 5 nitrogen and oxygen atoms in total. The third-order valence-corrected chi connectivity index (χ3v) is 3.94. The van der Waals surface area contributed by atoms with E-state index in [0.717, 1.165) is 25.9 Å². The highest BCUT2D eigenvalue weighted by Gasteiger charge is 2.30. The van der Waals surface area contributed by atoms with Gasteiger partial charge in [-0.2, -0.15) is 0 Å². The zero-order chi connectivity index (χ0) is 14.3. The van der Waals surface area contributed by atoms with Crippen LogP contribution in [-0.2, 0) is 4.79 Å². The molecule has 106 valence electrons. The first kappa shape index (κ1) is 13.0. The molecule has 1 atom stereocenters. The molecule has 2 amide bonds. The standard InChI is InChI=1S/C15H18N2O3/c1-10-14(18)16(2)12-9-11(5-6-13(12)20-10)15(19)17-7-3-4-8-17/h5-6,9-10H,3-4,7-8H2,1-2H3. The molecule has 2 aliphatic rings. The van der Waals surface area contributed by atoms with E-state index in [1.165, 1.54) is 0 Å². The number of carbonyl (C=O) groups excluding carboxylic acids is 2. The maximum Gasteiger partial charge on any atom is 0.267 e. The second-order valence-electron chi connectivity index (χ2n) is 5.34. The molecule has 0 saturated carbocycles. The van der Waals surface area contributed by atoms with E-state index in [9.17, 15) is 9.59 Å². The molecule has 1 fully saturated rings. The first-order valence-electron chi connectivity index (χ1n) is 6.95. The quantitative estimate of drug-likeness (QED) is 0.782. The molecule has 1 aromatic carbocycles. The highest BCUT2D eigenvalue weighted by molar-refractivity contribution is 6.02. The van der Waals surface area contributed by atoms with E-state index in [-0.39, 0.29) is 11.8 Å². The lowest BCUT2D eigenvalue weighted by Gasteiger charge is -2.30. The Hall–Kier alpha value is -2.04. The number of hydrogen-bond donors (Lipinski definition) is 0. The zero-order valence-electron chi connectivity index (χ0n) is 11.8. The van der Waals surface area contributed by atoms with Gasteiger partial charge in [0.1, 0.15) is 5.75 Å². The maximum absolute atomic E-state index is 12.4. The zero-order valence-corrected chi connectivity index (χ0v) is 11.8. The number of benzene rings is 1. The summed E-state index contributed by atoms with van der Waals surface area (Å²) >= 11 is 0. The third-order valence-electron chi connectivity index (χ3n) is 3.94. The van der Waals surface area contributed by atoms with Gasteiger partial charge in [-0.05, 0) is 38.0 Å². The molecule has 1 unspecified atom stereocenters. The Morgan fingerprint density at radius 1 is 1.30 bits per heavy atom. The number of ether oxygens (including phenoxy) is 1. The molecule has 0 aliphatic carbocycles. The molecular weight excluding hydrogens is 256 g/mol. The van der Waals surface area contributed by atoms with Crippen LogP contribution in [0.25, 0.3) is 0 Å². The Kier molecular flexibility index (Phi) is 3.12. The molecule has 0 bridgehead atoms. The molecule has 1 saturated heterocycles. The molecule has 1 aromatic rings. The third kappa shape index (κ3) is 2.03. The normalized spacial score (nSPS) is 21.7. The Morgan fingerprint density at radius 3 is 2.70 bits per heavy atom. The van der Waals surface area contributed by atoms with Crippen LogP contribution >= 0.6 is 0 Å². The fraction of sp³-hybridized carbons (Fsp3) is 0.467. The topological polar surface area (TPSA) is 49.9 Å². The van der Waals surface area contributed by atoms with Crippen molar-refractivity contribution in [3.8, 4) is 5.75 Å². The molecule has 5 heteroatoms. The average molecular weight is 274 g/mol. The maximum atomic E-state index is 12.4. The van der Waals surface area contributed by atoms with Crippen molar-refractivity contribution in [1.82, 2.24) is 4.90 Å². The first-order valence-corrected chi connectivity index (χ1v) is 6.95. The molecule has 0 spiro atoms. The average Bonchev–Trinajstić information content (AvgIpc) is 2.98. The summed E-state index contributed by atoms with van der Waals surface area (Å²) in [6.07, 6.45) is 1.65. The Balaban J connectivity index is 1.92. The number of likely N-dealkylation sites (tertiary alicyclic amines) is 1. The number of hydrogen-bond acceptors (Lipinski definition) is 3. The van der Waals surface area contributed by atoms with Crippen molar-refractivity contribution in [2.75, 3.05) is 25.0 Å². The molecule has 0 N–H and O–H groups in total. The van der Waals surface area contributed by atoms with Crippen LogP contribution in [0.2, 0.25) is 0 Å². The summed E-state index contributed by atoms with van der Waals surface area (Å²) in [6, 6.07) is 5.30. The summed E-state index contributed by atoms with van der Waals surface area (Å²) < 4.78 is 5.56. The van der Waals surface area contributed by atoms with E-state index >= 15 is 0 Å². The summed E-state index contributed by atoms with van der Waals surface area (Å²) in [4.78, 5) is 27.7. The number of anilines is 1. The van der Waals surface area contributed by atoms with Crippen molar-refractivity contribution in [1.29, 1.82) is 0 Å². The largest absolute Gasteiger partial charge is 0.479 e. The van der Waals surface area contributed by atoms with Crippen molar-refractivity contribution in [3.05, 3.63) is 23.8 Å². The number of carbonyl (C=O) groups is 2. The smallest absolute Gasteiger partial charge is 0.267 e. The van der Waals surface area contributed by atoms with Crippen molar-refractivity contribution >= 4 is 17.5 Å². The van der Waals surface area contributed by atoms with Gasteiger partial charge in [-0.25, -0.2) is 0 Å². The van der Waals surface area contributed by atoms with Crippen LogP contribution in [0.5, 0.6) is 5.75 Å². The number of rotatable bonds is 1. The van der Waals surface area contributed by atoms with Gasteiger partial charge in [0.15, 0.2) is 6.10 Å². The van der Waals surface area contributed by atoms with Gasteiger partial charge in [0.25, 0.3) is 11.8 Å². The number of fused-ring (bicyclic) bond motifs is 1. The summed E-state index contributed by atoms with van der Waals surface area (Å²) in [5.74, 6) is 0.589. The molecular formula is C15H18N2O3. The van der Waals surface area contributed by atoms with E-state index in [1.807, 2.05) is 4.90 Å². The lowest BCUT2D eigenvalue weighted by molar-refractivity contribution is -0.125. The van der Waals surface area contributed by atoms with Crippen LogP contribution in [0.1, 0.15) is 30.1 Å². The van der Waals surface area contributed by atoms with Crippen LogP contribution in [0, 0.1) is 0 Å². The number of likely N-dealkylation sites (N-methyl/N-ethyl adjacent to an activating group) is 1. The van der Waals surface area contributed by atoms with E-state index < -0.39 is 6.10 Å². The van der Waals surface area contributed by atoms with E-state index in [2.05, 4.69) is 0 Å². The van der Waals surface area contributed by atoms with Gasteiger partial charge in [-0.1, -0.05) is 0 Å². The van der Waals surface area contributed by atoms with Crippen LogP contribution in [0.15, 0.2) is 18.2 Å². The number of amides is 2. The molecule has 2 aliphatic heterocycles. The van der Waals surface area contributed by atoms with Crippen LogP contribution in [0.3, 0.4) is 0 Å². The lowest BCUT2D eigenvalue weighted by Crippen LogP contribution is -2.42. The fourth-order valence-corrected chi connectivity index (χ4v) is 2.75. The summed E-state index contributed by atoms with van der Waals surface area (Å²) in [5, 5.41) is 0. The van der Waals surface area contributed by atoms with E-state index in [0.29, 0.717) is 17.0 Å². The summed E-state index contributed by atoms with van der Waals surface area (Å²) in [5.41, 5.74) is 1.28. The SMILES string of the molecule is CC1Oc2ccc(C(=O)N3CCCC3)cc2N(C)C1=O. The van der Waals surface area contributed by atoms with Gasteiger partial charge in [0.05, 0.1) is 5.69 Å². The van der Waals surface area contributed by atoms with Crippen LogP contribution in [-0.4, -0.2) is 43.0 Å². The minimum absolute atomic E-state index is 0.0322. The van der Waals surface area contributed by atoms with Crippen molar-refractivity contribution in [2.45, 2.75) is 25.9 Å². The van der Waals surface area contributed by atoms with Crippen molar-refractivity contribution < 1.29 is 14.3 Å². The predicted octanol–water partition coefficient (Wildman–Crippen LogP) is 1.67. The van der Waals surface area contributed by atoms with Gasteiger partial charge in [-0.3, -0.25) is 9.59 Å². The van der Waals surface area contributed by atoms with Gasteiger partial charge >= 0.3 is 0 Å². The van der Waals surface area contributed by atoms with Crippen LogP contribution < -0.4 is 9.64 Å². The second kappa shape index (κ2) is 4.81. The van der Waals surface area contributed by atoms with E-state index in [1.54, 1.807) is 37.1 Å². The summed E-state index contributed by atoms with van der Waals surface area (Å²) in [6.45, 7) is 3.36. The van der Waals surface area contributed by atoms with Gasteiger partial charge in [-0.15, -0.1) is 0 Å². The summed E-state index contributed by atoms with van der Waals surface area (Å²) in [7, 11) is 1.71. The monoisotopic (exact) mass is 274 g/mol. The molecule has 20 heavy (non-hydrogen) atoms. The minimum Gasteiger partial charge on any atom is -0.479 e. The lowest BCUT2D eigenvalue weighted by atomic mass is 10.1. The fourth-order valence-electron chi connectivity index (χ4n) is 2.75. The molecule has 2 heterocycles. The molecule has 0 aromatic heterocycles. The Bertz CT molecular complexity index is 564. The molecule has 3 rings (SSSR count). The Labute approximate surface area is 118 Å². The minimum atomic E-state index is -0.479. The first-order chi connectivity index (χ1) is 9.58. The second-order valence-corrected chi connectivity index (χ2v) is 5.34. The number of nitrogens with zero attached hydrogens (tertiary/aromatic N) is 2. The van der Waals surface area contributed by atoms with Gasteiger partial charge < -0.3 is 14.5 Å². The van der Waals surface area contributed by atoms with Crippen molar-refractivity contribution in [2.24, 2.45) is 0 Å². The molecule has 0 radical (unpaired) electrons. The highest BCUT2D eigenvalue weighted by Crippen LogP contribution is 2.34. The van der Waals surface area contributed by atoms with E-state index in [4.69, 9.17) is 4.74 Å². The van der Waals surface area contributed by atoms with Crippen LogP contribution in [0.4, 0.5) is 5.69 Å². The van der Waals surface area contributed by atoms with Gasteiger partial charge in [0.2, 0.25) is 0 Å². The van der Waals surface area contributed by atoms with Crippen molar-refractivity contribution in [3.63, 3.8) is 0 Å².